The molecule has 174 valence electrons. The van der Waals surface area contributed by atoms with Gasteiger partial charge in [-0.25, -0.2) is 0 Å². The maximum atomic E-state index is 6.16. The molecule has 0 atom stereocenters. The van der Waals surface area contributed by atoms with Crippen LogP contribution in [0.15, 0.2) is 54.7 Å². The summed E-state index contributed by atoms with van der Waals surface area (Å²) in [5.74, 6) is 3.10. The molecule has 3 aromatic carbocycles. The zero-order valence-electron chi connectivity index (χ0n) is 18.9. The first kappa shape index (κ1) is 22.8. The summed E-state index contributed by atoms with van der Waals surface area (Å²) < 4.78 is 25.1. The summed E-state index contributed by atoms with van der Waals surface area (Å²) in [4.78, 5) is 0. The van der Waals surface area contributed by atoms with E-state index in [1.807, 2.05) is 18.2 Å². The Morgan fingerprint density at radius 2 is 1.71 bits per heavy atom. The van der Waals surface area contributed by atoms with Crippen molar-refractivity contribution >= 4 is 22.4 Å². The second kappa shape index (κ2) is 9.01. The topological polar surface area (TPSA) is 40.8 Å². The van der Waals surface area contributed by atoms with Crippen LogP contribution in [-0.2, 0) is 19.4 Å². The van der Waals surface area contributed by atoms with E-state index in [0.717, 1.165) is 58.2 Å². The third-order valence-corrected chi connectivity index (χ3v) is 6.79. The van der Waals surface area contributed by atoms with Crippen LogP contribution in [0.3, 0.4) is 0 Å². The number of hydrogen-bond donors (Lipinski definition) is 0. The fourth-order valence-corrected chi connectivity index (χ4v) is 5.12. The summed E-state index contributed by atoms with van der Waals surface area (Å²) in [5, 5.41) is 2.91. The van der Waals surface area contributed by atoms with Gasteiger partial charge in [0, 0.05) is 28.8 Å². The molecule has 2 aliphatic rings. The molecule has 0 unspecified atom stereocenters. The third kappa shape index (κ3) is 3.65. The highest BCUT2D eigenvalue weighted by Gasteiger charge is 2.32. The van der Waals surface area contributed by atoms with Crippen LogP contribution >= 0.6 is 11.6 Å². The predicted molar refractivity (Wildman–Crippen MR) is 127 cm³/mol. The Labute approximate surface area is 213 Å². The van der Waals surface area contributed by atoms with Crippen LogP contribution in [-0.4, -0.2) is 21.0 Å². The van der Waals surface area contributed by atoms with Crippen LogP contribution in [0, 0.1) is 0 Å². The van der Waals surface area contributed by atoms with E-state index in [2.05, 4.69) is 41.1 Å². The lowest BCUT2D eigenvalue weighted by atomic mass is 9.88. The molecule has 1 aromatic heterocycles. The summed E-state index contributed by atoms with van der Waals surface area (Å²) in [5.41, 5.74) is 6.08. The van der Waals surface area contributed by atoms with Crippen molar-refractivity contribution < 1.29 is 40.5 Å². The molecule has 0 radical (unpaired) electrons. The molecule has 5 nitrogen and oxygen atoms in total. The van der Waals surface area contributed by atoms with Crippen LogP contribution < -0.4 is 40.5 Å². The number of pyridine rings is 1. The molecule has 34 heavy (non-hydrogen) atoms. The smallest absolute Gasteiger partial charge is 0.231 e. The molecular weight excluding hydrogens is 518 g/mol. The highest BCUT2D eigenvalue weighted by molar-refractivity contribution is 6.30. The molecule has 4 aromatic rings. The largest absolute Gasteiger partial charge is 1.00 e. The third-order valence-electron chi connectivity index (χ3n) is 6.54. The van der Waals surface area contributed by atoms with Gasteiger partial charge in [0.25, 0.3) is 0 Å². The summed E-state index contributed by atoms with van der Waals surface area (Å²) in [6, 6.07) is 16.4. The number of benzene rings is 3. The SMILES string of the molecule is COc1ccc2c(Cc3ccc(Cl)cc3)c3[n+](cc2c1OC)CCc1cc2c(cc1-3)OCO2.[Br-]. The lowest BCUT2D eigenvalue weighted by Crippen LogP contribution is -3.00. The van der Waals surface area contributed by atoms with E-state index in [9.17, 15) is 0 Å². The van der Waals surface area contributed by atoms with E-state index in [-0.39, 0.29) is 23.8 Å². The van der Waals surface area contributed by atoms with Gasteiger partial charge < -0.3 is 35.9 Å². The maximum absolute atomic E-state index is 6.16. The predicted octanol–water partition coefficient (Wildman–Crippen LogP) is 2.34. The Bertz CT molecular complexity index is 1400. The average Bonchev–Trinajstić information content (AvgIpc) is 3.30. The molecule has 7 heteroatoms. The molecular formula is C27H23BrClNO4. The van der Waals surface area contributed by atoms with Crippen molar-refractivity contribution in [1.29, 1.82) is 0 Å². The van der Waals surface area contributed by atoms with E-state index in [4.69, 9.17) is 30.5 Å². The Hall–Kier alpha value is -2.96. The zero-order chi connectivity index (χ0) is 22.5. The minimum Gasteiger partial charge on any atom is -1.00 e. The fourth-order valence-electron chi connectivity index (χ4n) is 4.99. The number of ether oxygens (including phenoxy) is 4. The second-order valence-electron chi connectivity index (χ2n) is 8.33. The molecule has 0 spiro atoms. The van der Waals surface area contributed by atoms with E-state index in [0.29, 0.717) is 0 Å². The van der Waals surface area contributed by atoms with Gasteiger partial charge in [-0.3, -0.25) is 0 Å². The highest BCUT2D eigenvalue weighted by atomic mass is 79.9. The Morgan fingerprint density at radius 1 is 0.941 bits per heavy atom. The number of rotatable bonds is 4. The van der Waals surface area contributed by atoms with Gasteiger partial charge in [0.05, 0.1) is 25.2 Å². The lowest BCUT2D eigenvalue weighted by Gasteiger charge is -2.21. The summed E-state index contributed by atoms with van der Waals surface area (Å²) >= 11 is 6.16. The fraction of sp³-hybridized carbons (Fsp3) is 0.222. The minimum atomic E-state index is 0. The van der Waals surface area contributed by atoms with Crippen molar-refractivity contribution in [2.24, 2.45) is 0 Å². The Balaban J connectivity index is 0.00000241. The van der Waals surface area contributed by atoms with Crippen molar-refractivity contribution in [3.05, 3.63) is 76.4 Å². The number of aromatic nitrogens is 1. The molecule has 6 rings (SSSR count). The average molecular weight is 541 g/mol. The molecule has 2 aliphatic heterocycles. The number of halogens is 2. The van der Waals surface area contributed by atoms with Crippen molar-refractivity contribution in [3.8, 4) is 34.3 Å². The first-order valence-corrected chi connectivity index (χ1v) is 11.3. The van der Waals surface area contributed by atoms with Gasteiger partial charge in [-0.1, -0.05) is 23.7 Å². The van der Waals surface area contributed by atoms with Crippen molar-refractivity contribution in [2.75, 3.05) is 21.0 Å². The minimum absolute atomic E-state index is 0. The maximum Gasteiger partial charge on any atom is 0.231 e. The van der Waals surface area contributed by atoms with E-state index in [1.54, 1.807) is 14.2 Å². The molecule has 0 bridgehead atoms. The van der Waals surface area contributed by atoms with Crippen molar-refractivity contribution in [3.63, 3.8) is 0 Å². The van der Waals surface area contributed by atoms with Gasteiger partial charge in [-0.15, -0.1) is 0 Å². The first-order valence-electron chi connectivity index (χ1n) is 10.9. The number of fused-ring (bicyclic) bond motifs is 5. The molecule has 0 saturated carbocycles. The molecule has 0 saturated heterocycles. The number of nitrogens with zero attached hydrogens (tertiary/aromatic N) is 1. The standard InChI is InChI=1S/C27H23ClNO4.BrH/c1-30-23-8-7-19-21(11-16-3-5-18(28)6-4-16)26-20-13-25-24(32-15-33-25)12-17(20)9-10-29(26)14-22(19)27(23)31-2;/h3-8,12-14H,9-11,15H2,1-2H3;1H/q+1;/p-1. The Morgan fingerprint density at radius 3 is 2.44 bits per heavy atom. The van der Waals surface area contributed by atoms with Crippen LogP contribution in [0.5, 0.6) is 23.0 Å². The van der Waals surface area contributed by atoms with Gasteiger partial charge in [0.2, 0.25) is 12.5 Å². The molecule has 0 fully saturated rings. The van der Waals surface area contributed by atoms with E-state index >= 15 is 0 Å². The van der Waals surface area contributed by atoms with Crippen LogP contribution in [0.2, 0.25) is 5.02 Å². The quantitative estimate of drug-likeness (QED) is 0.373. The summed E-state index contributed by atoms with van der Waals surface area (Å²) in [6.45, 7) is 1.14. The van der Waals surface area contributed by atoms with Gasteiger partial charge in [0.1, 0.15) is 0 Å². The van der Waals surface area contributed by atoms with Crippen LogP contribution in [0.1, 0.15) is 16.7 Å². The molecule has 3 heterocycles. The van der Waals surface area contributed by atoms with E-state index < -0.39 is 0 Å². The lowest BCUT2D eigenvalue weighted by molar-refractivity contribution is -0.686. The van der Waals surface area contributed by atoms with Gasteiger partial charge in [-0.2, -0.15) is 4.57 Å². The monoisotopic (exact) mass is 539 g/mol. The number of hydrogen-bond acceptors (Lipinski definition) is 4. The van der Waals surface area contributed by atoms with Crippen LogP contribution in [0.25, 0.3) is 22.0 Å². The summed E-state index contributed by atoms with van der Waals surface area (Å²) in [7, 11) is 3.36. The van der Waals surface area contributed by atoms with E-state index in [1.165, 1.54) is 27.9 Å². The van der Waals surface area contributed by atoms with Crippen molar-refractivity contribution in [2.45, 2.75) is 19.4 Å². The molecule has 0 aliphatic carbocycles. The van der Waals surface area contributed by atoms with Crippen LogP contribution in [0.4, 0.5) is 0 Å². The number of aryl methyl sites for hydroxylation is 2. The summed E-state index contributed by atoms with van der Waals surface area (Å²) in [6.07, 6.45) is 3.86. The highest BCUT2D eigenvalue weighted by Crippen LogP contribution is 2.44. The molecule has 0 amide bonds. The number of methoxy groups -OCH3 is 2. The van der Waals surface area contributed by atoms with Gasteiger partial charge in [-0.05, 0) is 47.5 Å². The van der Waals surface area contributed by atoms with Gasteiger partial charge in [0.15, 0.2) is 35.7 Å². The van der Waals surface area contributed by atoms with Gasteiger partial charge >= 0.3 is 0 Å². The molecule has 0 N–H and O–H groups in total. The second-order valence-corrected chi connectivity index (χ2v) is 8.76. The zero-order valence-corrected chi connectivity index (χ0v) is 21.2. The van der Waals surface area contributed by atoms with Crippen molar-refractivity contribution in [1.82, 2.24) is 0 Å². The first-order chi connectivity index (χ1) is 16.2. The normalized spacial score (nSPS) is 13.1. The Kier molecular flexibility index (Phi) is 6.04.